The SMILES string of the molecule is Cc1noc(N2CCN(C)C2=O)c1C. The third kappa shape index (κ3) is 1.16. The maximum atomic E-state index is 11.6. The van der Waals surface area contributed by atoms with Crippen LogP contribution in [0.25, 0.3) is 0 Å². The number of carbonyl (C=O) groups is 1. The molecule has 1 aromatic heterocycles. The number of carbonyl (C=O) groups excluding carboxylic acids is 1. The van der Waals surface area contributed by atoms with E-state index in [9.17, 15) is 4.79 Å². The van der Waals surface area contributed by atoms with Crippen LogP contribution >= 0.6 is 0 Å². The normalized spacial score (nSPS) is 16.9. The van der Waals surface area contributed by atoms with Crippen LogP contribution < -0.4 is 4.90 Å². The van der Waals surface area contributed by atoms with Gasteiger partial charge in [0.2, 0.25) is 5.88 Å². The van der Waals surface area contributed by atoms with Crippen LogP contribution in [0.4, 0.5) is 10.7 Å². The molecule has 0 unspecified atom stereocenters. The van der Waals surface area contributed by atoms with E-state index < -0.39 is 0 Å². The number of urea groups is 1. The monoisotopic (exact) mass is 195 g/mol. The van der Waals surface area contributed by atoms with E-state index in [1.807, 2.05) is 13.8 Å². The van der Waals surface area contributed by atoms with Crippen LogP contribution in [0.1, 0.15) is 11.3 Å². The van der Waals surface area contributed by atoms with Crippen LogP contribution in [0.3, 0.4) is 0 Å². The minimum absolute atomic E-state index is 0.0238. The first-order chi connectivity index (χ1) is 6.61. The predicted molar refractivity (Wildman–Crippen MR) is 51.3 cm³/mol. The van der Waals surface area contributed by atoms with Crippen molar-refractivity contribution >= 4 is 11.9 Å². The van der Waals surface area contributed by atoms with Crippen LogP contribution in [0, 0.1) is 13.8 Å². The molecule has 1 fully saturated rings. The minimum atomic E-state index is -0.0238. The van der Waals surface area contributed by atoms with E-state index in [0.717, 1.165) is 17.8 Å². The van der Waals surface area contributed by atoms with E-state index in [4.69, 9.17) is 4.52 Å². The van der Waals surface area contributed by atoms with Crippen molar-refractivity contribution in [3.05, 3.63) is 11.3 Å². The van der Waals surface area contributed by atoms with Gasteiger partial charge in [0.1, 0.15) is 0 Å². The lowest BCUT2D eigenvalue weighted by Gasteiger charge is -2.12. The van der Waals surface area contributed by atoms with Crippen molar-refractivity contribution in [2.75, 3.05) is 25.0 Å². The highest BCUT2D eigenvalue weighted by Crippen LogP contribution is 2.25. The van der Waals surface area contributed by atoms with Crippen molar-refractivity contribution in [1.29, 1.82) is 0 Å². The van der Waals surface area contributed by atoms with Gasteiger partial charge >= 0.3 is 6.03 Å². The molecule has 14 heavy (non-hydrogen) atoms. The van der Waals surface area contributed by atoms with Gasteiger partial charge in [-0.05, 0) is 13.8 Å². The largest absolute Gasteiger partial charge is 0.338 e. The first-order valence-electron chi connectivity index (χ1n) is 4.56. The predicted octanol–water partition coefficient (Wildman–Crippen LogP) is 1.16. The van der Waals surface area contributed by atoms with E-state index in [1.165, 1.54) is 0 Å². The van der Waals surface area contributed by atoms with Crippen LogP contribution in [-0.4, -0.2) is 36.2 Å². The zero-order valence-electron chi connectivity index (χ0n) is 8.57. The molecule has 0 N–H and O–H groups in total. The Kier molecular flexibility index (Phi) is 1.94. The Morgan fingerprint density at radius 2 is 2.07 bits per heavy atom. The lowest BCUT2D eigenvalue weighted by atomic mass is 10.3. The molecular formula is C9H13N3O2. The highest BCUT2D eigenvalue weighted by Gasteiger charge is 2.30. The molecule has 2 rings (SSSR count). The van der Waals surface area contributed by atoms with Gasteiger partial charge in [-0.15, -0.1) is 0 Å². The molecule has 0 aromatic carbocycles. The van der Waals surface area contributed by atoms with E-state index in [1.54, 1.807) is 16.8 Å². The lowest BCUT2D eigenvalue weighted by Crippen LogP contribution is -2.29. The molecule has 2 amide bonds. The average Bonchev–Trinajstić information content (AvgIpc) is 2.63. The van der Waals surface area contributed by atoms with Crippen molar-refractivity contribution in [3.8, 4) is 0 Å². The zero-order valence-corrected chi connectivity index (χ0v) is 8.57. The third-order valence-corrected chi connectivity index (χ3v) is 2.59. The van der Waals surface area contributed by atoms with Crippen molar-refractivity contribution < 1.29 is 9.32 Å². The summed E-state index contributed by atoms with van der Waals surface area (Å²) in [4.78, 5) is 14.9. The molecule has 5 heteroatoms. The molecule has 0 aliphatic carbocycles. The Labute approximate surface area is 82.3 Å². The van der Waals surface area contributed by atoms with E-state index >= 15 is 0 Å². The molecule has 0 radical (unpaired) electrons. The second-order valence-electron chi connectivity index (χ2n) is 3.55. The highest BCUT2D eigenvalue weighted by atomic mass is 16.5. The maximum absolute atomic E-state index is 11.6. The Bertz CT molecular complexity index is 372. The van der Waals surface area contributed by atoms with Crippen LogP contribution in [0.2, 0.25) is 0 Å². The van der Waals surface area contributed by atoms with Crippen molar-refractivity contribution in [1.82, 2.24) is 10.1 Å². The summed E-state index contributed by atoms with van der Waals surface area (Å²) in [6.07, 6.45) is 0. The molecule has 1 aliphatic heterocycles. The molecule has 0 saturated carbocycles. The minimum Gasteiger partial charge on any atom is -0.338 e. The number of aryl methyl sites for hydroxylation is 1. The fourth-order valence-corrected chi connectivity index (χ4v) is 1.49. The molecule has 1 aliphatic rings. The maximum Gasteiger partial charge on any atom is 0.326 e. The second kappa shape index (κ2) is 3.01. The molecule has 76 valence electrons. The van der Waals surface area contributed by atoms with Crippen LogP contribution in [0.15, 0.2) is 4.52 Å². The molecule has 1 aromatic rings. The highest BCUT2D eigenvalue weighted by molar-refractivity contribution is 5.93. The number of amides is 2. The first kappa shape index (κ1) is 9.05. The molecule has 0 atom stereocenters. The summed E-state index contributed by atoms with van der Waals surface area (Å²) in [6.45, 7) is 5.18. The smallest absolute Gasteiger partial charge is 0.326 e. The Morgan fingerprint density at radius 3 is 2.50 bits per heavy atom. The topological polar surface area (TPSA) is 49.6 Å². The fourth-order valence-electron chi connectivity index (χ4n) is 1.49. The number of anilines is 1. The second-order valence-corrected chi connectivity index (χ2v) is 3.55. The summed E-state index contributed by atoms with van der Waals surface area (Å²) in [5, 5.41) is 3.83. The summed E-state index contributed by atoms with van der Waals surface area (Å²) >= 11 is 0. The molecule has 5 nitrogen and oxygen atoms in total. The standard InChI is InChI=1S/C9H13N3O2/c1-6-7(2)10-14-8(6)12-5-4-11(3)9(12)13/h4-5H2,1-3H3. The number of likely N-dealkylation sites (N-methyl/N-ethyl adjacent to an activating group) is 1. The first-order valence-corrected chi connectivity index (χ1v) is 4.56. The summed E-state index contributed by atoms with van der Waals surface area (Å²) in [7, 11) is 1.78. The average molecular weight is 195 g/mol. The van der Waals surface area contributed by atoms with Gasteiger partial charge in [-0.2, -0.15) is 0 Å². The van der Waals surface area contributed by atoms with E-state index in [-0.39, 0.29) is 6.03 Å². The van der Waals surface area contributed by atoms with E-state index in [0.29, 0.717) is 12.4 Å². The Morgan fingerprint density at radius 1 is 1.36 bits per heavy atom. The molecule has 1 saturated heterocycles. The van der Waals surface area contributed by atoms with Gasteiger partial charge in [-0.3, -0.25) is 4.90 Å². The van der Waals surface area contributed by atoms with E-state index in [2.05, 4.69) is 5.16 Å². The van der Waals surface area contributed by atoms with Gasteiger partial charge < -0.3 is 9.42 Å². The number of aromatic nitrogens is 1. The summed E-state index contributed by atoms with van der Waals surface area (Å²) in [6, 6.07) is -0.0238. The summed E-state index contributed by atoms with van der Waals surface area (Å²) in [5.41, 5.74) is 1.77. The van der Waals surface area contributed by atoms with Gasteiger partial charge in [0.15, 0.2) is 0 Å². The third-order valence-electron chi connectivity index (χ3n) is 2.59. The van der Waals surface area contributed by atoms with Crippen molar-refractivity contribution in [3.63, 3.8) is 0 Å². The van der Waals surface area contributed by atoms with Gasteiger partial charge in [-0.25, -0.2) is 4.79 Å². The lowest BCUT2D eigenvalue weighted by molar-refractivity contribution is 0.228. The number of rotatable bonds is 1. The summed E-state index contributed by atoms with van der Waals surface area (Å²) in [5.74, 6) is 0.580. The van der Waals surface area contributed by atoms with Gasteiger partial charge in [0.05, 0.1) is 5.69 Å². The number of hydrogen-bond acceptors (Lipinski definition) is 3. The summed E-state index contributed by atoms with van der Waals surface area (Å²) < 4.78 is 5.13. The fraction of sp³-hybridized carbons (Fsp3) is 0.556. The van der Waals surface area contributed by atoms with Crippen LogP contribution in [-0.2, 0) is 0 Å². The van der Waals surface area contributed by atoms with Gasteiger partial charge in [0.25, 0.3) is 0 Å². The Balaban J connectivity index is 2.32. The number of nitrogens with zero attached hydrogens (tertiary/aromatic N) is 3. The number of hydrogen-bond donors (Lipinski definition) is 0. The Hall–Kier alpha value is -1.52. The molecular weight excluding hydrogens is 182 g/mol. The zero-order chi connectivity index (χ0) is 10.3. The van der Waals surface area contributed by atoms with Gasteiger partial charge in [0, 0.05) is 25.7 Å². The van der Waals surface area contributed by atoms with Crippen molar-refractivity contribution in [2.45, 2.75) is 13.8 Å². The van der Waals surface area contributed by atoms with Crippen LogP contribution in [0.5, 0.6) is 0 Å². The molecule has 0 bridgehead atoms. The van der Waals surface area contributed by atoms with Gasteiger partial charge in [-0.1, -0.05) is 5.16 Å². The molecule has 2 heterocycles. The quantitative estimate of drug-likeness (QED) is 0.675. The van der Waals surface area contributed by atoms with Crippen molar-refractivity contribution in [2.24, 2.45) is 0 Å². The molecule has 0 spiro atoms.